The number of aromatic nitrogens is 3. The van der Waals surface area contributed by atoms with Crippen LogP contribution in [0.15, 0.2) is 29.1 Å². The molecule has 78 valence electrons. The van der Waals surface area contributed by atoms with E-state index in [0.717, 1.165) is 5.69 Å². The Morgan fingerprint density at radius 3 is 2.67 bits per heavy atom. The zero-order chi connectivity index (χ0) is 10.8. The van der Waals surface area contributed by atoms with E-state index in [9.17, 15) is 4.79 Å². The van der Waals surface area contributed by atoms with Crippen molar-refractivity contribution in [1.82, 2.24) is 14.8 Å². The van der Waals surface area contributed by atoms with E-state index in [1.807, 2.05) is 19.1 Å². The minimum atomic E-state index is -0.332. The second kappa shape index (κ2) is 3.90. The van der Waals surface area contributed by atoms with E-state index in [1.54, 1.807) is 16.8 Å². The van der Waals surface area contributed by atoms with Crippen LogP contribution >= 0.6 is 11.6 Å². The second-order valence-corrected chi connectivity index (χ2v) is 3.55. The quantitative estimate of drug-likeness (QED) is 0.844. The number of hydrogen-bond acceptors (Lipinski definition) is 2. The number of benzene rings is 1. The molecular formula is C10H10ClN3O. The van der Waals surface area contributed by atoms with Crippen LogP contribution in [-0.2, 0) is 6.42 Å². The molecule has 0 radical (unpaired) electrons. The van der Waals surface area contributed by atoms with Gasteiger partial charge in [0.25, 0.3) is 0 Å². The average molecular weight is 224 g/mol. The van der Waals surface area contributed by atoms with E-state index in [1.165, 1.54) is 0 Å². The topological polar surface area (TPSA) is 50.7 Å². The summed E-state index contributed by atoms with van der Waals surface area (Å²) in [6.45, 7) is 1.95. The molecule has 0 unspecified atom stereocenters. The summed E-state index contributed by atoms with van der Waals surface area (Å²) >= 11 is 5.78. The Kier molecular flexibility index (Phi) is 2.60. The van der Waals surface area contributed by atoms with Crippen molar-refractivity contribution >= 4 is 11.6 Å². The molecule has 15 heavy (non-hydrogen) atoms. The molecule has 0 fully saturated rings. The van der Waals surface area contributed by atoms with E-state index in [2.05, 4.69) is 10.1 Å². The van der Waals surface area contributed by atoms with E-state index in [-0.39, 0.29) is 5.69 Å². The van der Waals surface area contributed by atoms with Gasteiger partial charge in [-0.3, -0.25) is 0 Å². The Hall–Kier alpha value is -1.55. The molecule has 0 spiro atoms. The molecule has 0 aliphatic rings. The predicted octanol–water partition coefficient (Wildman–Crippen LogP) is 1.78. The third-order valence-corrected chi connectivity index (χ3v) is 2.35. The van der Waals surface area contributed by atoms with Gasteiger partial charge in [0.1, 0.15) is 5.82 Å². The molecule has 1 aromatic carbocycles. The standard InChI is InChI=1S/C10H10ClN3O/c1-2-9-12-10(15)13-14(9)8-5-3-7(11)4-6-8/h3-6H,2H2,1H3,(H,13,15). The fourth-order valence-corrected chi connectivity index (χ4v) is 1.52. The number of nitrogens with one attached hydrogen (secondary N) is 1. The normalized spacial score (nSPS) is 10.5. The molecule has 2 aromatic rings. The first-order valence-electron chi connectivity index (χ1n) is 4.64. The Morgan fingerprint density at radius 2 is 2.07 bits per heavy atom. The van der Waals surface area contributed by atoms with Crippen LogP contribution in [-0.4, -0.2) is 14.8 Å². The van der Waals surface area contributed by atoms with Gasteiger partial charge in [0.2, 0.25) is 0 Å². The van der Waals surface area contributed by atoms with Gasteiger partial charge in [-0.1, -0.05) is 18.5 Å². The minimum Gasteiger partial charge on any atom is -0.244 e. The summed E-state index contributed by atoms with van der Waals surface area (Å²) in [4.78, 5) is 14.9. The first-order valence-corrected chi connectivity index (χ1v) is 5.02. The van der Waals surface area contributed by atoms with E-state index in [4.69, 9.17) is 11.6 Å². The maximum absolute atomic E-state index is 11.1. The Balaban J connectivity index is 2.53. The molecule has 0 aliphatic carbocycles. The molecule has 0 bridgehead atoms. The average Bonchev–Trinajstić information content (AvgIpc) is 2.61. The molecule has 0 saturated carbocycles. The number of nitrogens with zero attached hydrogens (tertiary/aromatic N) is 2. The summed E-state index contributed by atoms with van der Waals surface area (Å²) in [6.07, 6.45) is 0.696. The highest BCUT2D eigenvalue weighted by Crippen LogP contribution is 2.13. The highest BCUT2D eigenvalue weighted by atomic mass is 35.5. The summed E-state index contributed by atoms with van der Waals surface area (Å²) in [5.41, 5.74) is 0.521. The second-order valence-electron chi connectivity index (χ2n) is 3.11. The monoisotopic (exact) mass is 223 g/mol. The van der Waals surface area contributed by atoms with Crippen LogP contribution < -0.4 is 5.69 Å². The van der Waals surface area contributed by atoms with Crippen LogP contribution in [0.1, 0.15) is 12.7 Å². The van der Waals surface area contributed by atoms with Gasteiger partial charge in [0, 0.05) is 11.4 Å². The Labute approximate surface area is 91.5 Å². The van der Waals surface area contributed by atoms with Crippen molar-refractivity contribution in [3.05, 3.63) is 45.6 Å². The maximum atomic E-state index is 11.1. The fraction of sp³-hybridized carbons (Fsp3) is 0.200. The fourth-order valence-electron chi connectivity index (χ4n) is 1.39. The Bertz CT molecular complexity index is 512. The van der Waals surface area contributed by atoms with Crippen molar-refractivity contribution < 1.29 is 0 Å². The van der Waals surface area contributed by atoms with Crippen molar-refractivity contribution in [2.75, 3.05) is 0 Å². The Morgan fingerprint density at radius 1 is 1.40 bits per heavy atom. The summed E-state index contributed by atoms with van der Waals surface area (Å²) in [6, 6.07) is 7.21. The van der Waals surface area contributed by atoms with Gasteiger partial charge in [0.15, 0.2) is 0 Å². The van der Waals surface area contributed by atoms with Crippen molar-refractivity contribution in [2.45, 2.75) is 13.3 Å². The lowest BCUT2D eigenvalue weighted by Gasteiger charge is -2.04. The zero-order valence-electron chi connectivity index (χ0n) is 8.20. The number of H-pyrrole nitrogens is 1. The van der Waals surface area contributed by atoms with Crippen LogP contribution in [0.3, 0.4) is 0 Å². The zero-order valence-corrected chi connectivity index (χ0v) is 8.95. The molecule has 2 rings (SSSR count). The molecule has 5 heteroatoms. The van der Waals surface area contributed by atoms with Crippen LogP contribution in [0.4, 0.5) is 0 Å². The lowest BCUT2D eigenvalue weighted by atomic mass is 10.3. The molecular weight excluding hydrogens is 214 g/mol. The first kappa shape index (κ1) is 9.98. The van der Waals surface area contributed by atoms with Crippen molar-refractivity contribution in [1.29, 1.82) is 0 Å². The molecule has 1 aromatic heterocycles. The van der Waals surface area contributed by atoms with Gasteiger partial charge in [-0.05, 0) is 24.3 Å². The molecule has 1 heterocycles. The highest BCUT2D eigenvalue weighted by molar-refractivity contribution is 6.30. The highest BCUT2D eigenvalue weighted by Gasteiger charge is 2.05. The van der Waals surface area contributed by atoms with Gasteiger partial charge in [0.05, 0.1) is 5.69 Å². The number of halogens is 1. The predicted molar refractivity (Wildman–Crippen MR) is 58.6 cm³/mol. The third-order valence-electron chi connectivity index (χ3n) is 2.10. The maximum Gasteiger partial charge on any atom is 0.361 e. The SMILES string of the molecule is CCc1nc(=O)[nH]n1-c1ccc(Cl)cc1. The molecule has 0 atom stereocenters. The molecule has 0 amide bonds. The van der Waals surface area contributed by atoms with E-state index < -0.39 is 0 Å². The van der Waals surface area contributed by atoms with E-state index >= 15 is 0 Å². The molecule has 1 N–H and O–H groups in total. The van der Waals surface area contributed by atoms with Gasteiger partial charge < -0.3 is 0 Å². The molecule has 4 nitrogen and oxygen atoms in total. The smallest absolute Gasteiger partial charge is 0.244 e. The number of rotatable bonds is 2. The van der Waals surface area contributed by atoms with Crippen LogP contribution in [0, 0.1) is 0 Å². The van der Waals surface area contributed by atoms with E-state index in [0.29, 0.717) is 17.3 Å². The minimum absolute atomic E-state index is 0.332. The summed E-state index contributed by atoms with van der Waals surface area (Å²) in [5, 5.41) is 3.30. The van der Waals surface area contributed by atoms with Crippen molar-refractivity contribution in [3.63, 3.8) is 0 Å². The van der Waals surface area contributed by atoms with Crippen molar-refractivity contribution in [2.24, 2.45) is 0 Å². The lowest BCUT2D eigenvalue weighted by Crippen LogP contribution is -2.05. The molecule has 0 aliphatic heterocycles. The largest absolute Gasteiger partial charge is 0.361 e. The number of aryl methyl sites for hydroxylation is 1. The number of hydrogen-bond donors (Lipinski definition) is 1. The van der Waals surface area contributed by atoms with Crippen LogP contribution in [0.5, 0.6) is 0 Å². The van der Waals surface area contributed by atoms with Crippen LogP contribution in [0.25, 0.3) is 5.69 Å². The summed E-state index contributed by atoms with van der Waals surface area (Å²) in [7, 11) is 0. The van der Waals surface area contributed by atoms with Crippen molar-refractivity contribution in [3.8, 4) is 5.69 Å². The van der Waals surface area contributed by atoms with Gasteiger partial charge in [-0.25, -0.2) is 14.6 Å². The summed E-state index contributed by atoms with van der Waals surface area (Å²) in [5.74, 6) is 0.710. The van der Waals surface area contributed by atoms with Crippen LogP contribution in [0.2, 0.25) is 5.02 Å². The third kappa shape index (κ3) is 1.94. The first-order chi connectivity index (χ1) is 7.20. The van der Waals surface area contributed by atoms with Gasteiger partial charge in [-0.15, -0.1) is 0 Å². The molecule has 0 saturated heterocycles. The van der Waals surface area contributed by atoms with Gasteiger partial charge in [-0.2, -0.15) is 4.98 Å². The van der Waals surface area contributed by atoms with Gasteiger partial charge >= 0.3 is 5.69 Å². The lowest BCUT2D eigenvalue weighted by molar-refractivity contribution is 0.797. The number of aromatic amines is 1. The summed E-state index contributed by atoms with van der Waals surface area (Å²) < 4.78 is 1.67.